The lowest BCUT2D eigenvalue weighted by Crippen LogP contribution is -2.00. The fourth-order valence-electron chi connectivity index (χ4n) is 1.93. The zero-order valence-electron chi connectivity index (χ0n) is 10.4. The number of nitrogens with two attached hydrogens (primary N) is 1. The van der Waals surface area contributed by atoms with Crippen molar-refractivity contribution in [2.75, 3.05) is 5.73 Å². The van der Waals surface area contributed by atoms with Crippen LogP contribution in [0.5, 0.6) is 0 Å². The Labute approximate surface area is 123 Å². The SMILES string of the molecule is Nc1cn(Cc2ccc(F)cc2)nc1-c1ccc(Br)o1. The summed E-state index contributed by atoms with van der Waals surface area (Å²) in [7, 11) is 0. The molecule has 6 heteroatoms. The van der Waals surface area contributed by atoms with Gasteiger partial charge in [0.15, 0.2) is 16.1 Å². The van der Waals surface area contributed by atoms with Gasteiger partial charge >= 0.3 is 0 Å². The van der Waals surface area contributed by atoms with E-state index in [-0.39, 0.29) is 5.82 Å². The number of aromatic nitrogens is 2. The number of halogens is 2. The third-order valence-electron chi connectivity index (χ3n) is 2.85. The number of anilines is 1. The number of nitrogen functional groups attached to an aromatic ring is 1. The number of rotatable bonds is 3. The fourth-order valence-corrected chi connectivity index (χ4v) is 2.23. The van der Waals surface area contributed by atoms with Crippen LogP contribution < -0.4 is 5.73 Å². The van der Waals surface area contributed by atoms with Crippen LogP contribution in [0.15, 0.2) is 51.7 Å². The van der Waals surface area contributed by atoms with E-state index in [1.807, 2.05) is 0 Å². The van der Waals surface area contributed by atoms with Crippen molar-refractivity contribution in [3.05, 3.63) is 58.6 Å². The van der Waals surface area contributed by atoms with Gasteiger partial charge in [0, 0.05) is 6.20 Å². The molecule has 0 saturated heterocycles. The number of hydrogen-bond donors (Lipinski definition) is 1. The Bertz CT molecular complexity index is 733. The van der Waals surface area contributed by atoms with Gasteiger partial charge in [-0.25, -0.2) is 4.39 Å². The van der Waals surface area contributed by atoms with Gasteiger partial charge in [-0.05, 0) is 45.8 Å². The highest BCUT2D eigenvalue weighted by Crippen LogP contribution is 2.28. The lowest BCUT2D eigenvalue weighted by molar-refractivity contribution is 0.551. The van der Waals surface area contributed by atoms with Gasteiger partial charge in [-0.15, -0.1) is 0 Å². The average Bonchev–Trinajstić information content (AvgIpc) is 2.98. The van der Waals surface area contributed by atoms with Crippen molar-refractivity contribution in [3.8, 4) is 11.5 Å². The van der Waals surface area contributed by atoms with E-state index >= 15 is 0 Å². The molecule has 3 rings (SSSR count). The molecule has 4 nitrogen and oxygen atoms in total. The van der Waals surface area contributed by atoms with Gasteiger partial charge in [0.2, 0.25) is 0 Å². The van der Waals surface area contributed by atoms with Crippen molar-refractivity contribution in [3.63, 3.8) is 0 Å². The summed E-state index contributed by atoms with van der Waals surface area (Å²) in [6.45, 7) is 0.520. The summed E-state index contributed by atoms with van der Waals surface area (Å²) in [6, 6.07) is 9.87. The highest BCUT2D eigenvalue weighted by atomic mass is 79.9. The van der Waals surface area contributed by atoms with E-state index in [2.05, 4.69) is 21.0 Å². The van der Waals surface area contributed by atoms with Crippen LogP contribution in [0.25, 0.3) is 11.5 Å². The minimum absolute atomic E-state index is 0.255. The molecule has 3 aromatic rings. The van der Waals surface area contributed by atoms with Gasteiger partial charge in [-0.1, -0.05) is 12.1 Å². The second kappa shape index (κ2) is 5.13. The summed E-state index contributed by atoms with van der Waals surface area (Å²) >= 11 is 3.24. The smallest absolute Gasteiger partial charge is 0.169 e. The van der Waals surface area contributed by atoms with Crippen LogP contribution in [0.3, 0.4) is 0 Å². The number of benzene rings is 1. The molecule has 102 valence electrons. The van der Waals surface area contributed by atoms with Crippen LogP contribution in [0.1, 0.15) is 5.56 Å². The zero-order valence-corrected chi connectivity index (χ0v) is 12.0. The van der Waals surface area contributed by atoms with Crippen LogP contribution in [-0.4, -0.2) is 9.78 Å². The van der Waals surface area contributed by atoms with Gasteiger partial charge < -0.3 is 10.2 Å². The van der Waals surface area contributed by atoms with Crippen molar-refractivity contribution in [1.29, 1.82) is 0 Å². The Balaban J connectivity index is 1.87. The maximum Gasteiger partial charge on any atom is 0.169 e. The molecule has 2 N–H and O–H groups in total. The van der Waals surface area contributed by atoms with E-state index in [1.165, 1.54) is 12.1 Å². The maximum atomic E-state index is 12.9. The second-order valence-corrected chi connectivity index (χ2v) is 5.14. The molecule has 0 saturated carbocycles. The first-order valence-electron chi connectivity index (χ1n) is 5.95. The van der Waals surface area contributed by atoms with E-state index in [1.54, 1.807) is 35.1 Å². The molecule has 0 atom stereocenters. The minimum atomic E-state index is -0.255. The number of hydrogen-bond acceptors (Lipinski definition) is 3. The quantitative estimate of drug-likeness (QED) is 0.794. The molecule has 2 aromatic heterocycles. The van der Waals surface area contributed by atoms with Crippen LogP contribution >= 0.6 is 15.9 Å². The van der Waals surface area contributed by atoms with Crippen LogP contribution in [0.2, 0.25) is 0 Å². The van der Waals surface area contributed by atoms with Crippen LogP contribution in [0.4, 0.5) is 10.1 Å². The lowest BCUT2D eigenvalue weighted by atomic mass is 10.2. The molecule has 0 aliphatic rings. The summed E-state index contributed by atoms with van der Waals surface area (Å²) in [5.74, 6) is 0.349. The third kappa shape index (κ3) is 2.60. The Morgan fingerprint density at radius 3 is 2.60 bits per heavy atom. The van der Waals surface area contributed by atoms with E-state index in [0.717, 1.165) is 5.56 Å². The van der Waals surface area contributed by atoms with E-state index in [0.29, 0.717) is 28.4 Å². The topological polar surface area (TPSA) is 57.0 Å². The Morgan fingerprint density at radius 1 is 1.20 bits per heavy atom. The Morgan fingerprint density at radius 2 is 1.95 bits per heavy atom. The van der Waals surface area contributed by atoms with Crippen LogP contribution in [-0.2, 0) is 6.54 Å². The first-order valence-corrected chi connectivity index (χ1v) is 6.74. The molecule has 0 radical (unpaired) electrons. The van der Waals surface area contributed by atoms with Gasteiger partial charge in [0.05, 0.1) is 12.2 Å². The molecule has 0 aliphatic carbocycles. The molecule has 0 aliphatic heterocycles. The normalized spacial score (nSPS) is 10.9. The lowest BCUT2D eigenvalue weighted by Gasteiger charge is -2.01. The van der Waals surface area contributed by atoms with E-state index < -0.39 is 0 Å². The summed E-state index contributed by atoms with van der Waals surface area (Å²) in [5.41, 5.74) is 8.02. The van der Waals surface area contributed by atoms with Gasteiger partial charge in [-0.2, -0.15) is 5.10 Å². The summed E-state index contributed by atoms with van der Waals surface area (Å²) in [5, 5.41) is 4.39. The average molecular weight is 336 g/mol. The summed E-state index contributed by atoms with van der Waals surface area (Å²) in [6.07, 6.45) is 1.73. The molecular weight excluding hydrogens is 325 g/mol. The molecule has 0 unspecified atom stereocenters. The van der Waals surface area contributed by atoms with Gasteiger partial charge in [0.1, 0.15) is 5.82 Å². The standard InChI is InChI=1S/C14H11BrFN3O/c15-13-6-5-12(20-13)14-11(17)8-19(18-14)7-9-1-3-10(16)4-2-9/h1-6,8H,7,17H2. The molecule has 0 bridgehead atoms. The molecule has 0 amide bonds. The number of nitrogens with zero attached hydrogens (tertiary/aromatic N) is 2. The van der Waals surface area contributed by atoms with Crippen molar-refractivity contribution in [2.24, 2.45) is 0 Å². The zero-order chi connectivity index (χ0) is 14.1. The minimum Gasteiger partial charge on any atom is -0.448 e. The van der Waals surface area contributed by atoms with Gasteiger partial charge in [0.25, 0.3) is 0 Å². The number of furan rings is 1. The van der Waals surface area contributed by atoms with Crippen molar-refractivity contribution in [2.45, 2.75) is 6.54 Å². The predicted octanol–water partition coefficient (Wildman–Crippen LogP) is 3.68. The first kappa shape index (κ1) is 12.9. The van der Waals surface area contributed by atoms with Crippen molar-refractivity contribution in [1.82, 2.24) is 9.78 Å². The van der Waals surface area contributed by atoms with Crippen LogP contribution in [0, 0.1) is 5.82 Å². The van der Waals surface area contributed by atoms with Gasteiger partial charge in [-0.3, -0.25) is 4.68 Å². The largest absolute Gasteiger partial charge is 0.448 e. The molecule has 2 heterocycles. The highest BCUT2D eigenvalue weighted by molar-refractivity contribution is 9.10. The Hall–Kier alpha value is -2.08. The molecular formula is C14H11BrFN3O. The second-order valence-electron chi connectivity index (χ2n) is 4.36. The highest BCUT2D eigenvalue weighted by Gasteiger charge is 2.12. The monoisotopic (exact) mass is 335 g/mol. The first-order chi connectivity index (χ1) is 9.61. The third-order valence-corrected chi connectivity index (χ3v) is 3.28. The maximum absolute atomic E-state index is 12.9. The predicted molar refractivity (Wildman–Crippen MR) is 77.5 cm³/mol. The molecule has 0 fully saturated rings. The summed E-state index contributed by atoms with van der Waals surface area (Å²) in [4.78, 5) is 0. The molecule has 1 aromatic carbocycles. The van der Waals surface area contributed by atoms with E-state index in [9.17, 15) is 4.39 Å². The summed E-state index contributed by atoms with van der Waals surface area (Å²) < 4.78 is 20.6. The van der Waals surface area contributed by atoms with Crippen molar-refractivity contribution < 1.29 is 8.81 Å². The van der Waals surface area contributed by atoms with Crippen molar-refractivity contribution >= 4 is 21.6 Å². The fraction of sp³-hybridized carbons (Fsp3) is 0.0714. The Kier molecular flexibility index (Phi) is 3.31. The molecule has 0 spiro atoms. The molecule has 20 heavy (non-hydrogen) atoms. The van der Waals surface area contributed by atoms with E-state index in [4.69, 9.17) is 10.2 Å².